The molecule has 1 heterocycles. The number of alkyl halides is 3. The third-order valence-electron chi connectivity index (χ3n) is 2.52. The molecule has 1 aromatic rings. The Morgan fingerprint density at radius 1 is 1.33 bits per heavy atom. The van der Waals surface area contributed by atoms with E-state index in [1.165, 1.54) is 12.1 Å². The normalized spacial score (nSPS) is 21.2. The minimum absolute atomic E-state index is 0.157. The lowest BCUT2D eigenvalue weighted by Crippen LogP contribution is -2.34. The molecule has 1 fully saturated rings. The van der Waals surface area contributed by atoms with Gasteiger partial charge in [-0.2, -0.15) is 13.2 Å². The second-order valence-corrected chi connectivity index (χ2v) is 3.94. The van der Waals surface area contributed by atoms with Crippen LogP contribution in [0.25, 0.3) is 0 Å². The van der Waals surface area contributed by atoms with Crippen LogP contribution in [0.2, 0.25) is 5.02 Å². The van der Waals surface area contributed by atoms with E-state index in [4.69, 9.17) is 11.6 Å². The van der Waals surface area contributed by atoms with Gasteiger partial charge < -0.3 is 5.32 Å². The molecule has 1 N–H and O–H groups in total. The Morgan fingerprint density at radius 2 is 2.00 bits per heavy atom. The third kappa shape index (κ3) is 2.11. The van der Waals surface area contributed by atoms with Gasteiger partial charge >= 0.3 is 6.18 Å². The summed E-state index contributed by atoms with van der Waals surface area (Å²) in [6.07, 6.45) is -3.43. The number of halogens is 4. The molecule has 0 aromatic heterocycles. The first kappa shape index (κ1) is 10.8. The number of nitrogens with one attached hydrogen (secondary N) is 1. The summed E-state index contributed by atoms with van der Waals surface area (Å²) in [5.74, 6) is 0. The van der Waals surface area contributed by atoms with Crippen LogP contribution in [0.1, 0.15) is 23.6 Å². The Hall–Kier alpha value is -0.740. The Bertz CT molecular complexity index is 371. The van der Waals surface area contributed by atoms with Crippen LogP contribution in [-0.4, -0.2) is 6.54 Å². The van der Waals surface area contributed by atoms with E-state index in [1.54, 1.807) is 0 Å². The van der Waals surface area contributed by atoms with Crippen LogP contribution in [0.15, 0.2) is 18.2 Å². The zero-order valence-electron chi connectivity index (χ0n) is 7.74. The minimum Gasteiger partial charge on any atom is -0.310 e. The van der Waals surface area contributed by atoms with E-state index in [2.05, 4.69) is 5.32 Å². The van der Waals surface area contributed by atoms with Crippen LogP contribution >= 0.6 is 11.6 Å². The second-order valence-electron chi connectivity index (χ2n) is 3.53. The maximum Gasteiger partial charge on any atom is 0.417 e. The zero-order valence-corrected chi connectivity index (χ0v) is 8.49. The summed E-state index contributed by atoms with van der Waals surface area (Å²) in [6, 6.07) is 4.06. The highest BCUT2D eigenvalue weighted by Gasteiger charge is 2.33. The van der Waals surface area contributed by atoms with Gasteiger partial charge in [0.05, 0.1) is 10.6 Å². The number of rotatable bonds is 1. The maximum atomic E-state index is 12.4. The van der Waals surface area contributed by atoms with Crippen molar-refractivity contribution in [2.75, 3.05) is 6.54 Å². The second kappa shape index (κ2) is 3.68. The summed E-state index contributed by atoms with van der Waals surface area (Å²) < 4.78 is 37.1. The fourth-order valence-electron chi connectivity index (χ4n) is 1.55. The Balaban J connectivity index is 2.30. The monoisotopic (exact) mass is 235 g/mol. The topological polar surface area (TPSA) is 12.0 Å². The first-order chi connectivity index (χ1) is 6.98. The van der Waals surface area contributed by atoms with Crippen molar-refractivity contribution in [1.29, 1.82) is 0 Å². The number of hydrogen-bond acceptors (Lipinski definition) is 1. The molecule has 0 aliphatic carbocycles. The van der Waals surface area contributed by atoms with Crippen molar-refractivity contribution in [1.82, 2.24) is 5.32 Å². The van der Waals surface area contributed by atoms with Gasteiger partial charge in [0.25, 0.3) is 0 Å². The van der Waals surface area contributed by atoms with E-state index in [0.717, 1.165) is 24.6 Å². The zero-order chi connectivity index (χ0) is 11.1. The lowest BCUT2D eigenvalue weighted by molar-refractivity contribution is -0.137. The molecular weight excluding hydrogens is 227 g/mol. The molecule has 1 aliphatic rings. The molecule has 0 bridgehead atoms. The van der Waals surface area contributed by atoms with E-state index in [0.29, 0.717) is 0 Å². The predicted octanol–water partition coefficient (Wildman–Crippen LogP) is 3.39. The summed E-state index contributed by atoms with van der Waals surface area (Å²) in [4.78, 5) is 0. The molecule has 0 spiro atoms. The standard InChI is InChI=1S/C10H9ClF3N/c11-8-5-6(9-3-4-15-9)1-2-7(8)10(12,13)14/h1-2,5,9,15H,3-4H2. The van der Waals surface area contributed by atoms with Crippen molar-refractivity contribution >= 4 is 11.6 Å². The Labute approximate surface area is 90.2 Å². The number of hydrogen-bond donors (Lipinski definition) is 1. The molecule has 2 rings (SSSR count). The van der Waals surface area contributed by atoms with Gasteiger partial charge in [0.15, 0.2) is 0 Å². The third-order valence-corrected chi connectivity index (χ3v) is 2.84. The van der Waals surface area contributed by atoms with E-state index in [9.17, 15) is 13.2 Å². The highest BCUT2D eigenvalue weighted by molar-refractivity contribution is 6.31. The van der Waals surface area contributed by atoms with E-state index >= 15 is 0 Å². The molecule has 82 valence electrons. The summed E-state index contributed by atoms with van der Waals surface area (Å²) in [6.45, 7) is 0.906. The molecule has 1 saturated heterocycles. The van der Waals surface area contributed by atoms with Gasteiger partial charge in [-0.3, -0.25) is 0 Å². The van der Waals surface area contributed by atoms with E-state index in [1.807, 2.05) is 0 Å². The van der Waals surface area contributed by atoms with Crippen molar-refractivity contribution in [3.63, 3.8) is 0 Å². The predicted molar refractivity (Wildman–Crippen MR) is 51.8 cm³/mol. The van der Waals surface area contributed by atoms with Crippen LogP contribution in [0.3, 0.4) is 0 Å². The summed E-state index contributed by atoms with van der Waals surface area (Å²) >= 11 is 5.59. The van der Waals surface area contributed by atoms with Gasteiger partial charge in [-0.25, -0.2) is 0 Å². The highest BCUT2D eigenvalue weighted by atomic mass is 35.5. The van der Waals surface area contributed by atoms with Crippen LogP contribution in [0.5, 0.6) is 0 Å². The molecule has 5 heteroatoms. The van der Waals surface area contributed by atoms with Gasteiger partial charge in [-0.15, -0.1) is 0 Å². The van der Waals surface area contributed by atoms with Gasteiger partial charge in [-0.05, 0) is 30.7 Å². The molecule has 1 unspecified atom stereocenters. The maximum absolute atomic E-state index is 12.4. The van der Waals surface area contributed by atoms with E-state index < -0.39 is 11.7 Å². The molecule has 0 amide bonds. The Morgan fingerprint density at radius 3 is 2.40 bits per heavy atom. The van der Waals surface area contributed by atoms with Gasteiger partial charge in [0.2, 0.25) is 0 Å². The largest absolute Gasteiger partial charge is 0.417 e. The summed E-state index contributed by atoms with van der Waals surface area (Å²) in [7, 11) is 0. The van der Waals surface area contributed by atoms with Crippen molar-refractivity contribution in [2.45, 2.75) is 18.6 Å². The van der Waals surface area contributed by atoms with Crippen LogP contribution < -0.4 is 5.32 Å². The molecule has 0 saturated carbocycles. The number of benzene rings is 1. The summed E-state index contributed by atoms with van der Waals surface area (Å²) in [5, 5.41) is 2.88. The van der Waals surface area contributed by atoms with Crippen molar-refractivity contribution in [2.24, 2.45) is 0 Å². The smallest absolute Gasteiger partial charge is 0.310 e. The molecule has 1 aliphatic heterocycles. The SMILES string of the molecule is FC(F)(F)c1ccc(C2CCN2)cc1Cl. The first-order valence-corrected chi connectivity index (χ1v) is 4.96. The lowest BCUT2D eigenvalue weighted by atomic mass is 9.97. The molecular formula is C10H9ClF3N. The molecule has 1 atom stereocenters. The average Bonchev–Trinajstić information content (AvgIpc) is 1.97. The molecule has 0 radical (unpaired) electrons. The fraction of sp³-hybridized carbons (Fsp3) is 0.400. The minimum atomic E-state index is -4.37. The first-order valence-electron chi connectivity index (χ1n) is 4.58. The highest BCUT2D eigenvalue weighted by Crippen LogP contribution is 2.36. The van der Waals surface area contributed by atoms with Crippen LogP contribution in [0.4, 0.5) is 13.2 Å². The summed E-state index contributed by atoms with van der Waals surface area (Å²) in [5.41, 5.74) is 0.0477. The molecule has 15 heavy (non-hydrogen) atoms. The average molecular weight is 236 g/mol. The van der Waals surface area contributed by atoms with Crippen LogP contribution in [0, 0.1) is 0 Å². The van der Waals surface area contributed by atoms with Gasteiger partial charge in [0, 0.05) is 6.04 Å². The van der Waals surface area contributed by atoms with Gasteiger partial charge in [0.1, 0.15) is 0 Å². The van der Waals surface area contributed by atoms with Crippen molar-refractivity contribution < 1.29 is 13.2 Å². The van der Waals surface area contributed by atoms with Crippen molar-refractivity contribution in [3.8, 4) is 0 Å². The molecule has 1 aromatic carbocycles. The van der Waals surface area contributed by atoms with Gasteiger partial charge in [-0.1, -0.05) is 17.7 Å². The van der Waals surface area contributed by atoms with Crippen molar-refractivity contribution in [3.05, 3.63) is 34.3 Å². The fourth-order valence-corrected chi connectivity index (χ4v) is 1.85. The van der Waals surface area contributed by atoms with E-state index in [-0.39, 0.29) is 11.1 Å². The Kier molecular flexibility index (Phi) is 2.64. The quantitative estimate of drug-likeness (QED) is 0.787. The van der Waals surface area contributed by atoms with Crippen LogP contribution in [-0.2, 0) is 6.18 Å². The molecule has 1 nitrogen and oxygen atoms in total. The lowest BCUT2D eigenvalue weighted by Gasteiger charge is -2.28.